The summed E-state index contributed by atoms with van der Waals surface area (Å²) in [5, 5.41) is 14.2. The first kappa shape index (κ1) is 22.2. The highest BCUT2D eigenvalue weighted by atomic mass is 127. The molecule has 1 heterocycles. The summed E-state index contributed by atoms with van der Waals surface area (Å²) in [6.45, 7) is 5.26. The van der Waals surface area contributed by atoms with Crippen LogP contribution in [-0.2, 0) is 13.1 Å². The van der Waals surface area contributed by atoms with Gasteiger partial charge < -0.3 is 21.3 Å². The molecule has 0 aliphatic heterocycles. The van der Waals surface area contributed by atoms with Gasteiger partial charge in [0.1, 0.15) is 0 Å². The minimum Gasteiger partial charge on any atom is -0.352 e. The molecule has 1 aromatic carbocycles. The fourth-order valence-corrected chi connectivity index (χ4v) is 2.77. The van der Waals surface area contributed by atoms with E-state index in [-0.39, 0.29) is 36.0 Å². The molecule has 2 aromatic rings. The predicted octanol–water partition coefficient (Wildman–Crippen LogP) is 3.76. The van der Waals surface area contributed by atoms with Crippen molar-refractivity contribution >= 4 is 53.0 Å². The van der Waals surface area contributed by atoms with E-state index in [4.69, 9.17) is 0 Å². The van der Waals surface area contributed by atoms with Crippen molar-refractivity contribution in [2.75, 3.05) is 12.4 Å². The number of amides is 2. The number of hydrogen-bond acceptors (Lipinski definition) is 3. The van der Waals surface area contributed by atoms with Crippen LogP contribution >= 0.6 is 35.3 Å². The van der Waals surface area contributed by atoms with Crippen LogP contribution in [0.1, 0.15) is 24.3 Å². The molecule has 0 unspecified atom stereocenters. The molecule has 0 saturated heterocycles. The Hall–Kier alpha value is -1.81. The fraction of sp³-hybridized carbons (Fsp3) is 0.333. The molecular weight excluding hydrogens is 461 g/mol. The molecule has 4 N–H and O–H groups in total. The maximum Gasteiger partial charge on any atom is 0.319 e. The summed E-state index contributed by atoms with van der Waals surface area (Å²) < 4.78 is 0. The number of carbonyl (C=O) groups is 1. The van der Waals surface area contributed by atoms with Gasteiger partial charge in [-0.05, 0) is 43.0 Å². The molecule has 8 heteroatoms. The molecule has 0 fully saturated rings. The third-order valence-electron chi connectivity index (χ3n) is 3.33. The minimum absolute atomic E-state index is 0. The van der Waals surface area contributed by atoms with Crippen molar-refractivity contribution < 1.29 is 4.79 Å². The Labute approximate surface area is 175 Å². The summed E-state index contributed by atoms with van der Waals surface area (Å²) in [6.07, 6.45) is 0. The van der Waals surface area contributed by atoms with Crippen molar-refractivity contribution in [1.29, 1.82) is 0 Å². The topological polar surface area (TPSA) is 77.5 Å². The van der Waals surface area contributed by atoms with Gasteiger partial charge in [0.2, 0.25) is 0 Å². The zero-order valence-electron chi connectivity index (χ0n) is 15.2. The average Bonchev–Trinajstić information content (AvgIpc) is 3.09. The monoisotopic (exact) mass is 487 g/mol. The van der Waals surface area contributed by atoms with Crippen molar-refractivity contribution in [2.24, 2.45) is 4.99 Å². The lowest BCUT2D eigenvalue weighted by atomic mass is 10.2. The zero-order valence-corrected chi connectivity index (χ0v) is 18.4. The van der Waals surface area contributed by atoms with Crippen LogP contribution in [0.15, 0.2) is 46.8 Å². The number of carbonyl (C=O) groups excluding carboxylic acids is 1. The van der Waals surface area contributed by atoms with Crippen molar-refractivity contribution in [1.82, 2.24) is 16.0 Å². The molecular formula is C18H26IN5OS. The summed E-state index contributed by atoms with van der Waals surface area (Å²) in [7, 11) is 1.75. The molecule has 0 saturated carbocycles. The first-order valence-electron chi connectivity index (χ1n) is 8.20. The van der Waals surface area contributed by atoms with Crippen molar-refractivity contribution in [2.45, 2.75) is 33.0 Å². The molecule has 0 radical (unpaired) electrons. The first-order chi connectivity index (χ1) is 12.1. The number of anilines is 1. The number of thiophene rings is 1. The summed E-state index contributed by atoms with van der Waals surface area (Å²) in [5.41, 5.74) is 1.87. The van der Waals surface area contributed by atoms with E-state index in [1.165, 1.54) is 4.88 Å². The van der Waals surface area contributed by atoms with Crippen molar-refractivity contribution in [3.63, 3.8) is 0 Å². The van der Waals surface area contributed by atoms with Crippen molar-refractivity contribution in [3.05, 3.63) is 52.2 Å². The van der Waals surface area contributed by atoms with Crippen LogP contribution in [0.4, 0.5) is 10.5 Å². The van der Waals surface area contributed by atoms with E-state index < -0.39 is 0 Å². The smallest absolute Gasteiger partial charge is 0.319 e. The number of hydrogen-bond donors (Lipinski definition) is 4. The van der Waals surface area contributed by atoms with E-state index in [1.807, 2.05) is 44.2 Å². The molecule has 6 nitrogen and oxygen atoms in total. The number of nitrogens with zero attached hydrogens (tertiary/aromatic N) is 1. The van der Waals surface area contributed by atoms with Crippen LogP contribution in [0.3, 0.4) is 0 Å². The average molecular weight is 487 g/mol. The molecule has 2 rings (SSSR count). The Morgan fingerprint density at radius 1 is 1.12 bits per heavy atom. The predicted molar refractivity (Wildman–Crippen MR) is 121 cm³/mol. The molecule has 0 aliphatic carbocycles. The number of guanidine groups is 1. The Balaban J connectivity index is 0.00000338. The highest BCUT2D eigenvalue weighted by Gasteiger charge is 2.04. The summed E-state index contributed by atoms with van der Waals surface area (Å²) in [5.74, 6) is 0.756. The van der Waals surface area contributed by atoms with E-state index in [0.29, 0.717) is 6.54 Å². The molecule has 0 atom stereocenters. The van der Waals surface area contributed by atoms with Gasteiger partial charge in [0.15, 0.2) is 5.96 Å². The van der Waals surface area contributed by atoms with E-state index in [0.717, 1.165) is 23.8 Å². The second kappa shape index (κ2) is 11.7. The minimum atomic E-state index is -0.195. The van der Waals surface area contributed by atoms with Gasteiger partial charge in [-0.25, -0.2) is 4.79 Å². The van der Waals surface area contributed by atoms with Gasteiger partial charge in [0.25, 0.3) is 0 Å². The number of nitrogens with one attached hydrogen (secondary N) is 4. The zero-order chi connectivity index (χ0) is 18.1. The third kappa shape index (κ3) is 8.05. The fourth-order valence-electron chi connectivity index (χ4n) is 2.13. The standard InChI is InChI=1S/C18H25N5OS.HI/c1-13(2)22-18(24)23-15-8-6-14(7-9-15)11-20-17(19-3)21-12-16-5-4-10-25-16;/h4-10,13H,11-12H2,1-3H3,(H2,19,20,21)(H2,22,23,24);1H. The lowest BCUT2D eigenvalue weighted by Crippen LogP contribution is -2.36. The largest absolute Gasteiger partial charge is 0.352 e. The normalized spacial score (nSPS) is 10.8. The maximum absolute atomic E-state index is 11.7. The third-order valence-corrected chi connectivity index (χ3v) is 4.20. The number of halogens is 1. The molecule has 1 aromatic heterocycles. The number of rotatable bonds is 6. The van der Waals surface area contributed by atoms with Crippen LogP contribution in [0, 0.1) is 0 Å². The molecule has 26 heavy (non-hydrogen) atoms. The van der Waals surface area contributed by atoms with E-state index in [2.05, 4.69) is 37.7 Å². The summed E-state index contributed by atoms with van der Waals surface area (Å²) in [4.78, 5) is 17.2. The van der Waals surface area contributed by atoms with Gasteiger partial charge in [-0.3, -0.25) is 4.99 Å². The molecule has 142 valence electrons. The quantitative estimate of drug-likeness (QED) is 0.285. The maximum atomic E-state index is 11.7. The Kier molecular flexibility index (Phi) is 10.0. The SMILES string of the molecule is CN=C(NCc1ccc(NC(=O)NC(C)C)cc1)NCc1cccs1.I. The summed E-state index contributed by atoms with van der Waals surface area (Å²) in [6, 6.07) is 11.8. The number of aliphatic imine (C=N–C) groups is 1. The lowest BCUT2D eigenvalue weighted by molar-refractivity contribution is 0.250. The Morgan fingerprint density at radius 2 is 1.81 bits per heavy atom. The summed E-state index contributed by atoms with van der Waals surface area (Å²) >= 11 is 1.71. The second-order valence-corrected chi connectivity index (χ2v) is 6.84. The van der Waals surface area contributed by atoms with Gasteiger partial charge in [-0.1, -0.05) is 18.2 Å². The van der Waals surface area contributed by atoms with E-state index >= 15 is 0 Å². The van der Waals surface area contributed by atoms with E-state index in [9.17, 15) is 4.79 Å². The van der Waals surface area contributed by atoms with Crippen LogP contribution in [0.2, 0.25) is 0 Å². The van der Waals surface area contributed by atoms with Gasteiger partial charge in [0, 0.05) is 30.2 Å². The van der Waals surface area contributed by atoms with Gasteiger partial charge in [0.05, 0.1) is 6.54 Å². The number of urea groups is 1. The van der Waals surface area contributed by atoms with Crippen LogP contribution in [0.25, 0.3) is 0 Å². The Bertz CT molecular complexity index is 686. The van der Waals surface area contributed by atoms with Gasteiger partial charge in [-0.2, -0.15) is 0 Å². The Morgan fingerprint density at radius 3 is 2.38 bits per heavy atom. The molecule has 0 aliphatic rings. The number of benzene rings is 1. The second-order valence-electron chi connectivity index (χ2n) is 5.81. The van der Waals surface area contributed by atoms with Crippen molar-refractivity contribution in [3.8, 4) is 0 Å². The van der Waals surface area contributed by atoms with Crippen LogP contribution in [0.5, 0.6) is 0 Å². The van der Waals surface area contributed by atoms with Gasteiger partial charge >= 0.3 is 6.03 Å². The highest BCUT2D eigenvalue weighted by molar-refractivity contribution is 14.0. The molecule has 0 bridgehead atoms. The molecule has 2 amide bonds. The van der Waals surface area contributed by atoms with Crippen LogP contribution < -0.4 is 21.3 Å². The van der Waals surface area contributed by atoms with Gasteiger partial charge in [-0.15, -0.1) is 35.3 Å². The molecule has 0 spiro atoms. The first-order valence-corrected chi connectivity index (χ1v) is 9.08. The van der Waals surface area contributed by atoms with E-state index in [1.54, 1.807) is 18.4 Å². The highest BCUT2D eigenvalue weighted by Crippen LogP contribution is 2.10. The lowest BCUT2D eigenvalue weighted by Gasteiger charge is -2.12. The van der Waals surface area contributed by atoms with Crippen LogP contribution in [-0.4, -0.2) is 25.1 Å².